The molecule has 14 aromatic rings. The van der Waals surface area contributed by atoms with Gasteiger partial charge < -0.3 is 13.9 Å². The van der Waals surface area contributed by atoms with Gasteiger partial charge in [-0.3, -0.25) is 0 Å². The molecule has 0 amide bonds. The zero-order valence-corrected chi connectivity index (χ0v) is 47.7. The van der Waals surface area contributed by atoms with Crippen LogP contribution in [0.3, 0.4) is 0 Å². The molecule has 0 radical (unpaired) electrons. The van der Waals surface area contributed by atoms with Crippen molar-refractivity contribution in [1.82, 2.24) is 18.7 Å². The molecule has 416 valence electrons. The molecule has 10 aromatic carbocycles. The molecular formula is C78H62N5OPt-. The monoisotopic (exact) mass is 1310 g/mol. The molecule has 16 rings (SSSR count). The van der Waals surface area contributed by atoms with E-state index in [9.17, 15) is 28.8 Å². The Morgan fingerprint density at radius 3 is 1.84 bits per heavy atom. The Bertz CT molecular complexity index is 6330. The van der Waals surface area contributed by atoms with E-state index in [1.165, 1.54) is 29.1 Å². The van der Waals surface area contributed by atoms with Crippen LogP contribution in [0.5, 0.6) is 11.5 Å². The van der Waals surface area contributed by atoms with Crippen LogP contribution in [-0.2, 0) is 37.3 Å². The summed E-state index contributed by atoms with van der Waals surface area (Å²) in [6.45, 7) is -11.4. The Hall–Kier alpha value is -9.09. The number of rotatable bonds is 6. The SMILES string of the molecule is [2H]c1c([2H])c([2H])c2c(c1[2H])-c1cc(-n3c4ccccc4c4ccccc43)cc(-c3c([2H])c([2H])c4c(c3[2H])C(C([2H])([2H])[2H])(C([2H])([2H])[2H])C([2H])([2H])C([2H])([2H])C4(C([2H])([2H])[2H])C([2H])([2H])[2H])c1-[n+]1cn(-c3[c-]c(Oc4[c-]c5c(cc4)c4ccccc4n5-c4cc(C(C)(C)C)ccn4)ccc3)c3cccc(c31)-c1c([2H])c([2H])c([2H])c([2H])c1-2.[Pt]. The molecule has 0 fully saturated rings. The van der Waals surface area contributed by atoms with Gasteiger partial charge >= 0.3 is 0 Å². The van der Waals surface area contributed by atoms with E-state index in [4.69, 9.17) is 17.9 Å². The molecule has 1 aliphatic heterocycles. The van der Waals surface area contributed by atoms with Crippen molar-refractivity contribution >= 4 is 54.6 Å². The Labute approximate surface area is 548 Å². The van der Waals surface area contributed by atoms with Crippen LogP contribution < -0.4 is 9.30 Å². The van der Waals surface area contributed by atoms with Crippen molar-refractivity contribution < 1.29 is 67.4 Å². The van der Waals surface area contributed by atoms with Crippen LogP contribution >= 0.6 is 0 Å². The van der Waals surface area contributed by atoms with Gasteiger partial charge in [0.15, 0.2) is 11.0 Å². The first-order chi connectivity index (χ1) is 51.9. The summed E-state index contributed by atoms with van der Waals surface area (Å²) >= 11 is 0. The number of ether oxygens (including phenoxy) is 1. The van der Waals surface area contributed by atoms with E-state index in [2.05, 4.69) is 32.9 Å². The fourth-order valence-electron chi connectivity index (χ4n) is 12.1. The van der Waals surface area contributed by atoms with Gasteiger partial charge in [-0.25, -0.2) is 9.55 Å². The average Bonchev–Trinajstić information content (AvgIpc) is 0.684. The third-order valence-corrected chi connectivity index (χ3v) is 16.0. The molecule has 0 N–H and O–H groups in total. The molecule has 0 spiro atoms. The third-order valence-electron chi connectivity index (χ3n) is 16.0. The van der Waals surface area contributed by atoms with Crippen molar-refractivity contribution in [3.05, 3.63) is 253 Å². The molecule has 0 saturated carbocycles. The second-order valence-electron chi connectivity index (χ2n) is 22.1. The van der Waals surface area contributed by atoms with Gasteiger partial charge in [0.2, 0.25) is 0 Å². The summed E-state index contributed by atoms with van der Waals surface area (Å²) in [6.07, 6.45) is -6.24. The van der Waals surface area contributed by atoms with Crippen molar-refractivity contribution in [2.45, 2.75) is 77.2 Å². The maximum atomic E-state index is 10.9. The number of aromatic nitrogens is 5. The minimum atomic E-state index is -4.73. The summed E-state index contributed by atoms with van der Waals surface area (Å²) in [5, 5.41) is 2.97. The molecule has 0 bridgehead atoms. The maximum absolute atomic E-state index is 10.9. The topological polar surface area (TPSA) is 40.8 Å². The molecule has 5 heterocycles. The minimum absolute atomic E-state index is 0. The van der Waals surface area contributed by atoms with Crippen LogP contribution in [0.2, 0.25) is 0 Å². The Kier molecular flexibility index (Phi) is 7.14. The van der Waals surface area contributed by atoms with Crippen LogP contribution in [0.4, 0.5) is 0 Å². The molecule has 0 atom stereocenters. The zero-order chi connectivity index (χ0) is 80.0. The summed E-state index contributed by atoms with van der Waals surface area (Å²) in [4.78, 5) is 4.82. The van der Waals surface area contributed by atoms with E-state index in [1.54, 1.807) is 100 Å². The van der Waals surface area contributed by atoms with Gasteiger partial charge in [-0.2, -0.15) is 16.7 Å². The normalized spacial score (nSPS) is 20.4. The van der Waals surface area contributed by atoms with Crippen LogP contribution in [0.1, 0.15) is 115 Å². The Balaban J connectivity index is 0.00000992. The average molecular weight is 1310 g/mol. The van der Waals surface area contributed by atoms with Gasteiger partial charge in [-0.05, 0) is 133 Å². The number of imidazole rings is 1. The van der Waals surface area contributed by atoms with Crippen molar-refractivity contribution in [2.24, 2.45) is 0 Å². The van der Waals surface area contributed by atoms with Gasteiger partial charge in [-0.15, -0.1) is 29.7 Å². The Morgan fingerprint density at radius 1 is 0.565 bits per heavy atom. The number of benzene rings is 10. The second kappa shape index (κ2) is 19.5. The van der Waals surface area contributed by atoms with Gasteiger partial charge in [0.25, 0.3) is 6.33 Å². The second-order valence-corrected chi connectivity index (χ2v) is 22.1. The van der Waals surface area contributed by atoms with Gasteiger partial charge in [0, 0.05) is 105 Å². The standard InChI is InChI=1S/C78H62N5O.Pt/c1-76(2,3)50-38-41-79-73(43-50)83-70-32-17-14-28-61(70)62-36-35-54(47-72(62)83)84-53-21-18-20-51(44-53)80-48-81-74-64(49-34-37-66-67(42-49)78(6,7)40-39-77(66,4)5)45-52(82-68-30-15-12-26-59(68)60-27-13-16-31-69(60)82)46-65(74)58-25-11-9-23-56(58)55-22-8-10-24-57(55)63-29-19-33-71(80)75(63)81;/h8-38,41-43,45-46,48H,39-40H2,1-7H3;/q-1;/i4D3,5D3,6D3,7D3,8D,9D,10D,11D,22D,23D,24D,25D,34D,37D,39D2,40D2,42D;. The largest absolute Gasteiger partial charge is 0.509 e. The van der Waals surface area contributed by atoms with E-state index in [-0.39, 0.29) is 77.1 Å². The fourth-order valence-corrected chi connectivity index (χ4v) is 12.1. The van der Waals surface area contributed by atoms with Crippen LogP contribution in [-0.4, -0.2) is 18.7 Å². The maximum Gasteiger partial charge on any atom is 0.253 e. The summed E-state index contributed by atoms with van der Waals surface area (Å²) in [6, 6.07) is 37.3. The molecule has 0 unspecified atom stereocenters. The van der Waals surface area contributed by atoms with Crippen LogP contribution in [0.15, 0.2) is 225 Å². The number of pyridine rings is 1. The molecule has 0 saturated heterocycles. The first-order valence-corrected chi connectivity index (χ1v) is 27.1. The quantitative estimate of drug-likeness (QED) is 0.123. The van der Waals surface area contributed by atoms with E-state index < -0.39 is 162 Å². The minimum Gasteiger partial charge on any atom is -0.509 e. The van der Waals surface area contributed by atoms with Crippen LogP contribution in [0, 0.1) is 12.1 Å². The number of hydrogen-bond donors (Lipinski definition) is 0. The van der Waals surface area contributed by atoms with Gasteiger partial charge in [-0.1, -0.05) is 187 Å². The van der Waals surface area contributed by atoms with Gasteiger partial charge in [0.05, 0.1) is 26.1 Å². The molecule has 85 heavy (non-hydrogen) atoms. The third kappa shape index (κ3) is 8.31. The van der Waals surface area contributed by atoms with E-state index >= 15 is 0 Å². The zero-order valence-electron chi connectivity index (χ0n) is 72.5. The van der Waals surface area contributed by atoms with E-state index in [0.29, 0.717) is 33.1 Å². The molecule has 2 aliphatic rings. The first-order valence-electron chi connectivity index (χ1n) is 40.6. The van der Waals surface area contributed by atoms with Crippen molar-refractivity contribution in [3.8, 4) is 78.9 Å². The van der Waals surface area contributed by atoms with Crippen LogP contribution in [0.25, 0.3) is 122 Å². The number of hydrogen-bond acceptors (Lipinski definition) is 2. The number of para-hydroxylation sites is 4. The summed E-state index contributed by atoms with van der Waals surface area (Å²) in [7, 11) is 0. The van der Waals surface area contributed by atoms with Gasteiger partial charge in [0.1, 0.15) is 11.5 Å². The predicted octanol–water partition coefficient (Wildman–Crippen LogP) is 19.5. The molecule has 1 aliphatic carbocycles. The summed E-state index contributed by atoms with van der Waals surface area (Å²) < 4.78 is 272. The molecule has 7 heteroatoms. The summed E-state index contributed by atoms with van der Waals surface area (Å²) in [5.41, 5.74) is -13.6. The number of nitrogens with zero attached hydrogens (tertiary/aromatic N) is 5. The predicted molar refractivity (Wildman–Crippen MR) is 345 cm³/mol. The van der Waals surface area contributed by atoms with E-state index in [0.717, 1.165) is 21.9 Å². The van der Waals surface area contributed by atoms with Crippen molar-refractivity contribution in [3.63, 3.8) is 0 Å². The fraction of sp³-hybridized carbons (Fsp3) is 0.154. The summed E-state index contributed by atoms with van der Waals surface area (Å²) in [5.74, 6) is 0.950. The first kappa shape index (κ1) is 31.2. The molecule has 4 aromatic heterocycles. The van der Waals surface area contributed by atoms with E-state index in [1.807, 2.05) is 47.0 Å². The smallest absolute Gasteiger partial charge is 0.253 e. The Morgan fingerprint density at radius 2 is 1.15 bits per heavy atom. The number of fused-ring (bicyclic) bond motifs is 14. The molecule has 6 nitrogen and oxygen atoms in total. The molecular weight excluding hydrogens is 1220 g/mol. The van der Waals surface area contributed by atoms with Crippen molar-refractivity contribution in [1.29, 1.82) is 0 Å². The van der Waals surface area contributed by atoms with Crippen molar-refractivity contribution in [2.75, 3.05) is 0 Å².